The summed E-state index contributed by atoms with van der Waals surface area (Å²) in [5.41, 5.74) is 3.40. The molecule has 1 aliphatic rings. The smallest absolute Gasteiger partial charge is 0.363 e. The number of hydrogen-bond acceptors (Lipinski definition) is 5. The number of benzene rings is 3. The number of ether oxygens (including phenoxy) is 3. The van der Waals surface area contributed by atoms with Gasteiger partial charge in [-0.15, -0.1) is 0 Å². The van der Waals surface area contributed by atoms with Crippen LogP contribution in [-0.4, -0.2) is 19.0 Å². The van der Waals surface area contributed by atoms with Crippen LogP contribution in [0.5, 0.6) is 11.5 Å². The molecule has 0 saturated heterocycles. The maximum Gasteiger partial charge on any atom is 0.363 e. The topological polar surface area (TPSA) is 57.1 Å². The van der Waals surface area contributed by atoms with E-state index in [1.165, 1.54) is 7.11 Å². The summed E-state index contributed by atoms with van der Waals surface area (Å²) >= 11 is 20.8. The fraction of sp³-hybridized carbons (Fsp3) is 0.120. The number of methoxy groups -OCH3 is 1. The Balaban J connectivity index is 1.59. The molecule has 0 radical (unpaired) electrons. The fourth-order valence-corrected chi connectivity index (χ4v) is 4.15. The number of carbonyl (C=O) groups excluding carboxylic acids is 1. The molecule has 0 atom stereocenters. The summed E-state index contributed by atoms with van der Waals surface area (Å²) in [6.45, 7) is 2.20. The van der Waals surface area contributed by atoms with E-state index >= 15 is 0 Å². The largest absolute Gasteiger partial charge is 0.493 e. The Morgan fingerprint density at radius 2 is 1.82 bits per heavy atom. The zero-order valence-electron chi connectivity index (χ0n) is 18.0. The van der Waals surface area contributed by atoms with Gasteiger partial charge in [0, 0.05) is 9.13 Å². The second-order valence-corrected chi connectivity index (χ2v) is 9.76. The minimum absolute atomic E-state index is 0.161. The summed E-state index contributed by atoms with van der Waals surface area (Å²) in [5, 5.41) is 1.22. The number of esters is 1. The number of aryl methyl sites for hydroxylation is 1. The molecule has 4 rings (SSSR count). The number of rotatable bonds is 6. The maximum atomic E-state index is 12.4. The molecule has 0 fully saturated rings. The van der Waals surface area contributed by atoms with Crippen molar-refractivity contribution in [1.82, 2.24) is 0 Å². The summed E-state index contributed by atoms with van der Waals surface area (Å²) in [6, 6.07) is 14.3. The van der Waals surface area contributed by atoms with Crippen molar-refractivity contribution in [1.29, 1.82) is 0 Å². The zero-order valence-corrected chi connectivity index (χ0v) is 22.4. The van der Waals surface area contributed by atoms with Gasteiger partial charge in [-0.3, -0.25) is 0 Å². The highest BCUT2D eigenvalue weighted by atomic mass is 127. The van der Waals surface area contributed by atoms with Gasteiger partial charge in [0.1, 0.15) is 6.61 Å². The van der Waals surface area contributed by atoms with Crippen LogP contribution in [0.15, 0.2) is 59.2 Å². The number of halogens is 4. The monoisotopic (exact) mass is 627 g/mol. The molecule has 1 aliphatic heterocycles. The van der Waals surface area contributed by atoms with Gasteiger partial charge in [-0.05, 0) is 94.7 Å². The lowest BCUT2D eigenvalue weighted by molar-refractivity contribution is -0.129. The molecule has 0 saturated carbocycles. The van der Waals surface area contributed by atoms with Gasteiger partial charge in [-0.1, -0.05) is 40.9 Å². The Bertz CT molecular complexity index is 1350. The van der Waals surface area contributed by atoms with Gasteiger partial charge >= 0.3 is 5.97 Å². The summed E-state index contributed by atoms with van der Waals surface area (Å²) in [4.78, 5) is 16.8. The Morgan fingerprint density at radius 1 is 1.03 bits per heavy atom. The minimum Gasteiger partial charge on any atom is -0.493 e. The summed E-state index contributed by atoms with van der Waals surface area (Å²) < 4.78 is 17.8. The van der Waals surface area contributed by atoms with E-state index in [1.54, 1.807) is 30.3 Å². The van der Waals surface area contributed by atoms with E-state index in [0.717, 1.165) is 20.3 Å². The Morgan fingerprint density at radius 3 is 2.53 bits per heavy atom. The molecule has 174 valence electrons. The first-order valence-electron chi connectivity index (χ1n) is 9.98. The average molecular weight is 629 g/mol. The molecule has 0 amide bonds. The van der Waals surface area contributed by atoms with Crippen molar-refractivity contribution in [2.24, 2.45) is 4.99 Å². The number of carbonyl (C=O) groups is 1. The molecule has 0 unspecified atom stereocenters. The van der Waals surface area contributed by atoms with Crippen molar-refractivity contribution in [3.8, 4) is 11.5 Å². The average Bonchev–Trinajstić information content (AvgIpc) is 3.17. The molecule has 9 heteroatoms. The van der Waals surface area contributed by atoms with Crippen molar-refractivity contribution >= 4 is 75.3 Å². The Labute approximate surface area is 225 Å². The second-order valence-electron chi connectivity index (χ2n) is 7.37. The predicted molar refractivity (Wildman–Crippen MR) is 143 cm³/mol. The fourth-order valence-electron chi connectivity index (χ4n) is 3.22. The molecule has 0 bridgehead atoms. The highest BCUT2D eigenvalue weighted by Crippen LogP contribution is 2.38. The maximum absolute atomic E-state index is 12.4. The van der Waals surface area contributed by atoms with Crippen molar-refractivity contribution in [2.75, 3.05) is 7.11 Å². The van der Waals surface area contributed by atoms with Crippen LogP contribution in [0.3, 0.4) is 0 Å². The Hall–Kier alpha value is -2.26. The van der Waals surface area contributed by atoms with E-state index in [2.05, 4.69) is 27.6 Å². The lowest BCUT2D eigenvalue weighted by Crippen LogP contribution is -2.05. The SMILES string of the molecule is COc1cc(/C=C2\N=C(c3ccc(I)c(C)c3)OC2=O)cc(Cl)c1OCc1ccc(Cl)c(Cl)c1. The second kappa shape index (κ2) is 10.6. The van der Waals surface area contributed by atoms with E-state index < -0.39 is 5.97 Å². The van der Waals surface area contributed by atoms with Gasteiger partial charge in [0.15, 0.2) is 17.2 Å². The van der Waals surface area contributed by atoms with Gasteiger partial charge in [-0.2, -0.15) is 0 Å². The Kier molecular flexibility index (Phi) is 7.72. The summed E-state index contributed by atoms with van der Waals surface area (Å²) in [7, 11) is 1.51. The van der Waals surface area contributed by atoms with Crippen LogP contribution in [-0.2, 0) is 16.1 Å². The van der Waals surface area contributed by atoms with Crippen LogP contribution < -0.4 is 9.47 Å². The molecule has 3 aromatic carbocycles. The summed E-state index contributed by atoms with van der Waals surface area (Å²) in [6.07, 6.45) is 1.59. The van der Waals surface area contributed by atoms with Crippen molar-refractivity contribution in [2.45, 2.75) is 13.5 Å². The number of cyclic esters (lactones) is 1. The van der Waals surface area contributed by atoms with Gasteiger partial charge in [0.25, 0.3) is 0 Å². The van der Waals surface area contributed by atoms with Crippen LogP contribution in [0, 0.1) is 10.5 Å². The molecular weight excluding hydrogens is 612 g/mol. The first-order chi connectivity index (χ1) is 16.2. The van der Waals surface area contributed by atoms with Gasteiger partial charge in [0.2, 0.25) is 5.90 Å². The summed E-state index contributed by atoms with van der Waals surface area (Å²) in [5.74, 6) is 0.491. The molecule has 34 heavy (non-hydrogen) atoms. The molecule has 0 aromatic heterocycles. The molecule has 0 spiro atoms. The normalized spacial score (nSPS) is 14.2. The van der Waals surface area contributed by atoms with Gasteiger partial charge in [0.05, 0.1) is 22.2 Å². The van der Waals surface area contributed by atoms with E-state index in [1.807, 2.05) is 31.2 Å². The van der Waals surface area contributed by atoms with Crippen LogP contribution in [0.1, 0.15) is 22.3 Å². The van der Waals surface area contributed by atoms with Crippen LogP contribution in [0.25, 0.3) is 6.08 Å². The third-order valence-electron chi connectivity index (χ3n) is 4.95. The molecule has 0 aliphatic carbocycles. The third kappa shape index (κ3) is 5.51. The molecule has 0 N–H and O–H groups in total. The van der Waals surface area contributed by atoms with Crippen LogP contribution in [0.4, 0.5) is 0 Å². The van der Waals surface area contributed by atoms with Crippen molar-refractivity contribution < 1.29 is 19.0 Å². The highest BCUT2D eigenvalue weighted by molar-refractivity contribution is 14.1. The van der Waals surface area contributed by atoms with E-state index in [9.17, 15) is 4.79 Å². The molecular formula is C25H17Cl3INO4. The van der Waals surface area contributed by atoms with Crippen molar-refractivity contribution in [3.63, 3.8) is 0 Å². The third-order valence-corrected chi connectivity index (χ3v) is 7.18. The number of aliphatic imine (C=N–C) groups is 1. The zero-order chi connectivity index (χ0) is 24.4. The lowest BCUT2D eigenvalue weighted by atomic mass is 10.1. The van der Waals surface area contributed by atoms with E-state index in [0.29, 0.717) is 32.1 Å². The minimum atomic E-state index is -0.541. The van der Waals surface area contributed by atoms with Crippen LogP contribution in [0.2, 0.25) is 15.1 Å². The van der Waals surface area contributed by atoms with Gasteiger partial charge in [-0.25, -0.2) is 9.79 Å². The predicted octanol–water partition coefficient (Wildman–Crippen LogP) is 7.49. The molecule has 5 nitrogen and oxygen atoms in total. The standard InChI is InChI=1S/C25H17Cl3INO4/c1-13-7-16(4-6-20(13)29)24-30-21(25(31)34-24)10-15-9-19(28)23(22(11-15)32-2)33-12-14-3-5-17(26)18(27)8-14/h3-11H,12H2,1-2H3/b21-10-. The van der Waals surface area contributed by atoms with E-state index in [-0.39, 0.29) is 18.2 Å². The van der Waals surface area contributed by atoms with Crippen molar-refractivity contribution in [3.05, 3.63) is 95.1 Å². The first kappa shape index (κ1) is 24.9. The van der Waals surface area contributed by atoms with Crippen LogP contribution >= 0.6 is 57.4 Å². The number of hydrogen-bond donors (Lipinski definition) is 0. The lowest BCUT2D eigenvalue weighted by Gasteiger charge is -2.14. The highest BCUT2D eigenvalue weighted by Gasteiger charge is 2.25. The number of nitrogens with zero attached hydrogens (tertiary/aromatic N) is 1. The molecule has 1 heterocycles. The quantitative estimate of drug-likeness (QED) is 0.161. The van der Waals surface area contributed by atoms with Gasteiger partial charge < -0.3 is 14.2 Å². The first-order valence-corrected chi connectivity index (χ1v) is 12.2. The molecule has 3 aromatic rings. The van der Waals surface area contributed by atoms with E-state index in [4.69, 9.17) is 49.0 Å².